The minimum atomic E-state index is 0.707. The Balaban J connectivity index is 2.13. The third-order valence-corrected chi connectivity index (χ3v) is 4.18. The lowest BCUT2D eigenvalue weighted by Gasteiger charge is -2.02. The zero-order valence-electron chi connectivity index (χ0n) is 9.61. The van der Waals surface area contributed by atoms with Gasteiger partial charge >= 0.3 is 0 Å². The highest BCUT2D eigenvalue weighted by Gasteiger charge is 2.07. The van der Waals surface area contributed by atoms with Gasteiger partial charge in [-0.3, -0.25) is 0 Å². The molecule has 0 radical (unpaired) electrons. The van der Waals surface area contributed by atoms with E-state index in [-0.39, 0.29) is 0 Å². The molecule has 18 heavy (non-hydrogen) atoms. The molecule has 92 valence electrons. The van der Waals surface area contributed by atoms with Crippen molar-refractivity contribution < 1.29 is 0 Å². The number of nitrogens with one attached hydrogen (secondary N) is 1. The fraction of sp³-hybridized carbons (Fsp3) is 0.167. The molecule has 0 spiro atoms. The summed E-state index contributed by atoms with van der Waals surface area (Å²) in [7, 11) is 0. The lowest BCUT2D eigenvalue weighted by Crippen LogP contribution is -1.97. The quantitative estimate of drug-likeness (QED) is 0.720. The maximum atomic E-state index is 6.04. The van der Waals surface area contributed by atoms with Crippen LogP contribution in [0.5, 0.6) is 0 Å². The van der Waals surface area contributed by atoms with E-state index in [1.807, 2.05) is 35.9 Å². The second-order valence-electron chi connectivity index (χ2n) is 4.02. The van der Waals surface area contributed by atoms with Crippen LogP contribution in [0.15, 0.2) is 24.4 Å². The van der Waals surface area contributed by atoms with E-state index in [2.05, 4.69) is 9.97 Å². The number of benzene rings is 1. The molecule has 1 aromatic carbocycles. The molecule has 3 nitrogen and oxygen atoms in total. The normalized spacial score (nSPS) is 11.2. The number of thiazole rings is 1. The zero-order chi connectivity index (χ0) is 12.7. The topological polar surface area (TPSA) is 33.6 Å². The van der Waals surface area contributed by atoms with E-state index < -0.39 is 0 Å². The number of nitrogens with zero attached hydrogens (tertiary/aromatic N) is 2. The van der Waals surface area contributed by atoms with Gasteiger partial charge in [0.15, 0.2) is 4.77 Å². The fourth-order valence-electron chi connectivity index (χ4n) is 1.92. The number of H-pyrrole nitrogens is 1. The summed E-state index contributed by atoms with van der Waals surface area (Å²) in [5, 5.41) is 1.78. The molecule has 0 aliphatic rings. The van der Waals surface area contributed by atoms with Crippen molar-refractivity contribution in [2.24, 2.45) is 0 Å². The van der Waals surface area contributed by atoms with Crippen LogP contribution in [0, 0.1) is 11.7 Å². The Labute approximate surface area is 118 Å². The molecule has 0 aliphatic carbocycles. The van der Waals surface area contributed by atoms with Gasteiger partial charge in [0.05, 0.1) is 22.6 Å². The van der Waals surface area contributed by atoms with Gasteiger partial charge in [-0.15, -0.1) is 11.3 Å². The van der Waals surface area contributed by atoms with Gasteiger partial charge in [-0.1, -0.05) is 11.6 Å². The Kier molecular flexibility index (Phi) is 2.97. The van der Waals surface area contributed by atoms with Crippen molar-refractivity contribution in [1.29, 1.82) is 0 Å². The molecule has 0 amide bonds. The van der Waals surface area contributed by atoms with Crippen molar-refractivity contribution in [2.45, 2.75) is 13.5 Å². The van der Waals surface area contributed by atoms with Crippen LogP contribution in [0.2, 0.25) is 5.02 Å². The molecule has 6 heteroatoms. The molecule has 3 aromatic rings. The van der Waals surface area contributed by atoms with Gasteiger partial charge in [-0.25, -0.2) is 4.98 Å². The molecule has 0 saturated heterocycles. The first-order chi connectivity index (χ1) is 8.63. The van der Waals surface area contributed by atoms with Gasteiger partial charge in [0.25, 0.3) is 0 Å². The third-order valence-electron chi connectivity index (χ3n) is 2.72. The van der Waals surface area contributed by atoms with E-state index >= 15 is 0 Å². The molecule has 2 aromatic heterocycles. The Morgan fingerprint density at radius 2 is 2.33 bits per heavy atom. The number of aromatic nitrogens is 3. The summed E-state index contributed by atoms with van der Waals surface area (Å²) >= 11 is 13.1. The van der Waals surface area contributed by atoms with E-state index in [1.165, 1.54) is 4.88 Å². The van der Waals surface area contributed by atoms with Crippen molar-refractivity contribution in [3.63, 3.8) is 0 Å². The first kappa shape index (κ1) is 11.9. The lowest BCUT2D eigenvalue weighted by molar-refractivity contribution is 0.821. The van der Waals surface area contributed by atoms with Crippen LogP contribution in [0.25, 0.3) is 11.0 Å². The molecule has 0 aliphatic heterocycles. The molecule has 0 unspecified atom stereocenters. The Morgan fingerprint density at radius 3 is 3.06 bits per heavy atom. The van der Waals surface area contributed by atoms with Crippen molar-refractivity contribution >= 4 is 46.2 Å². The summed E-state index contributed by atoms with van der Waals surface area (Å²) in [6.45, 7) is 2.73. The minimum absolute atomic E-state index is 0.707. The summed E-state index contributed by atoms with van der Waals surface area (Å²) in [5.41, 5.74) is 2.03. The highest BCUT2D eigenvalue weighted by atomic mass is 35.5. The number of aromatic amines is 1. The summed E-state index contributed by atoms with van der Waals surface area (Å²) in [6, 6.07) is 5.73. The number of imidazole rings is 1. The van der Waals surface area contributed by atoms with Gasteiger partial charge in [0.2, 0.25) is 0 Å². The van der Waals surface area contributed by atoms with Crippen LogP contribution in [0.1, 0.15) is 9.88 Å². The van der Waals surface area contributed by atoms with Crippen LogP contribution in [-0.2, 0) is 6.54 Å². The second-order valence-corrected chi connectivity index (χ2v) is 6.17. The molecular weight excluding hydrogens is 286 g/mol. The molecule has 3 rings (SSSR count). The minimum Gasteiger partial charge on any atom is -0.331 e. The maximum Gasteiger partial charge on any atom is 0.178 e. The number of rotatable bonds is 2. The van der Waals surface area contributed by atoms with Gasteiger partial charge in [-0.2, -0.15) is 0 Å². The average Bonchev–Trinajstić information content (AvgIpc) is 2.86. The predicted octanol–water partition coefficient (Wildman–Crippen LogP) is 4.17. The van der Waals surface area contributed by atoms with Crippen molar-refractivity contribution in [3.8, 4) is 0 Å². The largest absolute Gasteiger partial charge is 0.331 e. The van der Waals surface area contributed by atoms with Crippen LogP contribution in [-0.4, -0.2) is 14.5 Å². The number of aryl methyl sites for hydroxylation is 1. The van der Waals surface area contributed by atoms with E-state index in [1.54, 1.807) is 11.3 Å². The Bertz CT molecular complexity index is 769. The molecule has 0 atom stereocenters. The van der Waals surface area contributed by atoms with Crippen LogP contribution < -0.4 is 0 Å². The molecule has 0 saturated carbocycles. The van der Waals surface area contributed by atoms with Crippen LogP contribution in [0.3, 0.4) is 0 Å². The highest BCUT2D eigenvalue weighted by Crippen LogP contribution is 2.21. The summed E-state index contributed by atoms with van der Waals surface area (Å²) in [6.07, 6.45) is 1.89. The van der Waals surface area contributed by atoms with Gasteiger partial charge in [0, 0.05) is 16.1 Å². The zero-order valence-corrected chi connectivity index (χ0v) is 12.0. The van der Waals surface area contributed by atoms with E-state index in [9.17, 15) is 0 Å². The van der Waals surface area contributed by atoms with Crippen LogP contribution in [0.4, 0.5) is 0 Å². The first-order valence-electron chi connectivity index (χ1n) is 5.43. The smallest absolute Gasteiger partial charge is 0.178 e. The Hall–Kier alpha value is -1.17. The van der Waals surface area contributed by atoms with E-state index in [0.717, 1.165) is 22.6 Å². The maximum absolute atomic E-state index is 6.04. The number of hydrogen-bond acceptors (Lipinski definition) is 3. The number of hydrogen-bond donors (Lipinski definition) is 1. The third kappa shape index (κ3) is 2.09. The summed E-state index contributed by atoms with van der Waals surface area (Å²) < 4.78 is 2.75. The predicted molar refractivity (Wildman–Crippen MR) is 78.1 cm³/mol. The average molecular weight is 296 g/mol. The summed E-state index contributed by atoms with van der Waals surface area (Å²) in [4.78, 5) is 8.63. The fourth-order valence-corrected chi connectivity index (χ4v) is 3.14. The molecule has 0 bridgehead atoms. The second kappa shape index (κ2) is 4.50. The monoisotopic (exact) mass is 295 g/mol. The molecule has 1 N–H and O–H groups in total. The molecule has 2 heterocycles. The Morgan fingerprint density at radius 1 is 1.50 bits per heavy atom. The van der Waals surface area contributed by atoms with E-state index in [0.29, 0.717) is 9.79 Å². The molecule has 0 fully saturated rings. The number of fused-ring (bicyclic) bond motifs is 1. The van der Waals surface area contributed by atoms with Gasteiger partial charge in [0.1, 0.15) is 0 Å². The van der Waals surface area contributed by atoms with Crippen LogP contribution >= 0.6 is 35.2 Å². The number of halogens is 1. The molecular formula is C12H10ClN3S2. The van der Waals surface area contributed by atoms with Gasteiger partial charge in [-0.05, 0) is 37.3 Å². The van der Waals surface area contributed by atoms with Crippen molar-refractivity contribution in [2.75, 3.05) is 0 Å². The van der Waals surface area contributed by atoms with Crippen molar-refractivity contribution in [1.82, 2.24) is 14.5 Å². The first-order valence-corrected chi connectivity index (χ1v) is 7.03. The lowest BCUT2D eigenvalue weighted by atomic mass is 10.3. The SMILES string of the molecule is Cc1ncc(Cn2c(=S)[nH]c3ccc(Cl)cc32)s1. The van der Waals surface area contributed by atoms with Crippen molar-refractivity contribution in [3.05, 3.63) is 44.1 Å². The van der Waals surface area contributed by atoms with Gasteiger partial charge < -0.3 is 9.55 Å². The summed E-state index contributed by atoms with van der Waals surface area (Å²) in [5.74, 6) is 0. The standard InChI is InChI=1S/C12H10ClN3S2/c1-7-14-5-9(18-7)6-16-11-4-8(13)2-3-10(11)15-12(16)17/h2-5H,6H2,1H3,(H,15,17). The highest BCUT2D eigenvalue weighted by molar-refractivity contribution is 7.71. The van der Waals surface area contributed by atoms with E-state index in [4.69, 9.17) is 23.8 Å².